The van der Waals surface area contributed by atoms with Crippen LogP contribution in [-0.4, -0.2) is 27.4 Å². The van der Waals surface area contributed by atoms with E-state index in [4.69, 9.17) is 11.6 Å². The summed E-state index contributed by atoms with van der Waals surface area (Å²) in [6.07, 6.45) is 0.815. The van der Waals surface area contributed by atoms with Gasteiger partial charge in [-0.25, -0.2) is 8.42 Å². The molecule has 5 nitrogen and oxygen atoms in total. The summed E-state index contributed by atoms with van der Waals surface area (Å²) in [6, 6.07) is 11.1. The molecular weight excluding hydrogens is 372 g/mol. The summed E-state index contributed by atoms with van der Waals surface area (Å²) >= 11 is 5.84. The number of anilines is 1. The average Bonchev–Trinajstić information content (AvgIpc) is 2.61. The third-order valence-corrected chi connectivity index (χ3v) is 6.31. The van der Waals surface area contributed by atoms with E-state index in [-0.39, 0.29) is 16.8 Å². The van der Waals surface area contributed by atoms with Gasteiger partial charge >= 0.3 is 0 Å². The lowest BCUT2D eigenvalue weighted by Crippen LogP contribution is -2.32. The Labute approximate surface area is 160 Å². The van der Waals surface area contributed by atoms with Crippen LogP contribution in [0.3, 0.4) is 0 Å². The number of rotatable bonds is 6. The summed E-state index contributed by atoms with van der Waals surface area (Å²) in [4.78, 5) is 12.5. The minimum absolute atomic E-state index is 0.0442. The second kappa shape index (κ2) is 8.10. The molecular formula is C19H23ClN2O3S. The molecule has 0 spiro atoms. The van der Waals surface area contributed by atoms with Crippen LogP contribution >= 0.6 is 11.6 Å². The molecule has 2 aromatic rings. The smallest absolute Gasteiger partial charge is 0.264 e. The molecule has 1 amide bonds. The molecule has 0 saturated heterocycles. The van der Waals surface area contributed by atoms with Crippen LogP contribution in [0.4, 0.5) is 5.69 Å². The Bertz CT molecular complexity index is 896. The van der Waals surface area contributed by atoms with Crippen molar-refractivity contribution in [1.29, 1.82) is 0 Å². The number of halogens is 1. The molecule has 0 heterocycles. The van der Waals surface area contributed by atoms with Gasteiger partial charge in [-0.1, -0.05) is 24.6 Å². The number of carbonyl (C=O) groups is 1. The second-order valence-electron chi connectivity index (χ2n) is 6.21. The molecule has 7 heteroatoms. The number of amides is 1. The van der Waals surface area contributed by atoms with Crippen LogP contribution in [0.15, 0.2) is 47.4 Å². The van der Waals surface area contributed by atoms with Crippen molar-refractivity contribution in [2.24, 2.45) is 0 Å². The Hall–Kier alpha value is -2.05. The van der Waals surface area contributed by atoms with Crippen LogP contribution in [0.2, 0.25) is 5.02 Å². The van der Waals surface area contributed by atoms with Gasteiger partial charge in [0.2, 0.25) is 0 Å². The fourth-order valence-corrected chi connectivity index (χ4v) is 3.77. The summed E-state index contributed by atoms with van der Waals surface area (Å²) in [6.45, 7) is 5.71. The first kappa shape index (κ1) is 20.3. The molecule has 1 atom stereocenters. The maximum Gasteiger partial charge on any atom is 0.264 e. The predicted octanol–water partition coefficient (Wildman–Crippen LogP) is 4.00. The van der Waals surface area contributed by atoms with Crippen LogP contribution in [0.5, 0.6) is 0 Å². The van der Waals surface area contributed by atoms with Gasteiger partial charge in [-0.05, 0) is 62.2 Å². The molecule has 2 rings (SSSR count). The molecule has 0 bridgehead atoms. The van der Waals surface area contributed by atoms with Crippen LogP contribution in [0.1, 0.15) is 36.2 Å². The van der Waals surface area contributed by atoms with E-state index in [1.807, 2.05) is 13.8 Å². The van der Waals surface area contributed by atoms with Gasteiger partial charge in [0.25, 0.3) is 15.9 Å². The predicted molar refractivity (Wildman–Crippen MR) is 105 cm³/mol. The molecule has 0 radical (unpaired) electrons. The van der Waals surface area contributed by atoms with E-state index in [1.54, 1.807) is 25.1 Å². The SMILES string of the molecule is CCC(C)NC(=O)c1ccc(C)c(N(C)S(=O)(=O)c2ccc(Cl)cc2)c1. The normalized spacial score (nSPS) is 12.5. The summed E-state index contributed by atoms with van der Waals surface area (Å²) in [7, 11) is -2.28. The molecule has 0 aliphatic carbocycles. The summed E-state index contributed by atoms with van der Waals surface area (Å²) in [5.74, 6) is -0.224. The number of nitrogens with zero attached hydrogens (tertiary/aromatic N) is 1. The number of hydrogen-bond acceptors (Lipinski definition) is 3. The number of hydrogen-bond donors (Lipinski definition) is 1. The van der Waals surface area contributed by atoms with Crippen molar-refractivity contribution in [2.45, 2.75) is 38.1 Å². The van der Waals surface area contributed by atoms with E-state index < -0.39 is 10.0 Å². The number of sulfonamides is 1. The third kappa shape index (κ3) is 4.37. The van der Waals surface area contributed by atoms with Gasteiger partial charge in [0.1, 0.15) is 0 Å². The number of benzene rings is 2. The highest BCUT2D eigenvalue weighted by Gasteiger charge is 2.23. The van der Waals surface area contributed by atoms with Crippen LogP contribution < -0.4 is 9.62 Å². The Balaban J connectivity index is 2.39. The van der Waals surface area contributed by atoms with Crippen molar-refractivity contribution in [3.63, 3.8) is 0 Å². The highest BCUT2D eigenvalue weighted by molar-refractivity contribution is 7.92. The van der Waals surface area contributed by atoms with Crippen LogP contribution in [0, 0.1) is 6.92 Å². The minimum Gasteiger partial charge on any atom is -0.350 e. The summed E-state index contributed by atoms with van der Waals surface area (Å²) in [5, 5.41) is 3.35. The third-order valence-electron chi connectivity index (χ3n) is 4.27. The summed E-state index contributed by atoms with van der Waals surface area (Å²) < 4.78 is 27.0. The fraction of sp³-hybridized carbons (Fsp3) is 0.316. The largest absolute Gasteiger partial charge is 0.350 e. The Morgan fingerprint density at radius 1 is 1.19 bits per heavy atom. The molecule has 0 aliphatic heterocycles. The van der Waals surface area contributed by atoms with Gasteiger partial charge in [0.05, 0.1) is 10.6 Å². The summed E-state index contributed by atoms with van der Waals surface area (Å²) in [5.41, 5.74) is 1.63. The van der Waals surface area contributed by atoms with E-state index >= 15 is 0 Å². The zero-order valence-electron chi connectivity index (χ0n) is 15.3. The highest BCUT2D eigenvalue weighted by Crippen LogP contribution is 2.27. The zero-order valence-corrected chi connectivity index (χ0v) is 16.9. The van der Waals surface area contributed by atoms with Crippen molar-refractivity contribution in [3.05, 3.63) is 58.6 Å². The molecule has 0 aliphatic rings. The molecule has 26 heavy (non-hydrogen) atoms. The van der Waals surface area contributed by atoms with Crippen LogP contribution in [0.25, 0.3) is 0 Å². The molecule has 0 aromatic heterocycles. The van der Waals surface area contributed by atoms with E-state index in [2.05, 4.69) is 5.32 Å². The number of nitrogens with one attached hydrogen (secondary N) is 1. The van der Waals surface area contributed by atoms with Gasteiger partial charge in [0.15, 0.2) is 0 Å². The lowest BCUT2D eigenvalue weighted by molar-refractivity contribution is 0.0939. The van der Waals surface area contributed by atoms with Crippen molar-refractivity contribution >= 4 is 33.2 Å². The minimum atomic E-state index is -3.76. The quantitative estimate of drug-likeness (QED) is 0.805. The first-order valence-electron chi connectivity index (χ1n) is 8.32. The maximum atomic E-state index is 12.9. The second-order valence-corrected chi connectivity index (χ2v) is 8.62. The molecule has 0 saturated carbocycles. The van der Waals surface area contributed by atoms with Gasteiger partial charge in [0, 0.05) is 23.7 Å². The lowest BCUT2D eigenvalue weighted by Gasteiger charge is -2.22. The fourth-order valence-electron chi connectivity index (χ4n) is 2.39. The van der Waals surface area contributed by atoms with Gasteiger partial charge in [-0.3, -0.25) is 9.10 Å². The van der Waals surface area contributed by atoms with Crippen molar-refractivity contribution in [2.75, 3.05) is 11.4 Å². The topological polar surface area (TPSA) is 66.5 Å². The number of carbonyl (C=O) groups excluding carboxylic acids is 1. The first-order valence-corrected chi connectivity index (χ1v) is 10.1. The molecule has 0 fully saturated rings. The van der Waals surface area contributed by atoms with Gasteiger partial charge in [-0.2, -0.15) is 0 Å². The van der Waals surface area contributed by atoms with Crippen molar-refractivity contribution in [3.8, 4) is 0 Å². The Morgan fingerprint density at radius 2 is 1.81 bits per heavy atom. The van der Waals surface area contributed by atoms with Gasteiger partial charge in [-0.15, -0.1) is 0 Å². The lowest BCUT2D eigenvalue weighted by atomic mass is 10.1. The maximum absolute atomic E-state index is 12.9. The van der Waals surface area contributed by atoms with Crippen LogP contribution in [-0.2, 0) is 10.0 Å². The van der Waals surface area contributed by atoms with E-state index in [0.717, 1.165) is 12.0 Å². The molecule has 1 unspecified atom stereocenters. The van der Waals surface area contributed by atoms with Crippen molar-refractivity contribution in [1.82, 2.24) is 5.32 Å². The highest BCUT2D eigenvalue weighted by atomic mass is 35.5. The standard InChI is InChI=1S/C19H23ClN2O3S/c1-5-14(3)21-19(23)15-7-6-13(2)18(12-15)22(4)26(24,25)17-10-8-16(20)9-11-17/h6-12,14H,5H2,1-4H3,(H,21,23). The average molecular weight is 395 g/mol. The molecule has 140 valence electrons. The van der Waals surface area contributed by atoms with Crippen molar-refractivity contribution < 1.29 is 13.2 Å². The Kier molecular flexibility index (Phi) is 6.31. The van der Waals surface area contributed by atoms with E-state index in [0.29, 0.717) is 16.3 Å². The zero-order chi connectivity index (χ0) is 19.5. The van der Waals surface area contributed by atoms with E-state index in [1.165, 1.54) is 35.6 Å². The molecule has 1 N–H and O–H groups in total. The Morgan fingerprint density at radius 3 is 2.38 bits per heavy atom. The van der Waals surface area contributed by atoms with E-state index in [9.17, 15) is 13.2 Å². The van der Waals surface area contributed by atoms with Gasteiger partial charge < -0.3 is 5.32 Å². The number of aryl methyl sites for hydroxylation is 1. The molecule has 2 aromatic carbocycles. The monoisotopic (exact) mass is 394 g/mol. The first-order chi connectivity index (χ1) is 12.2.